The summed E-state index contributed by atoms with van der Waals surface area (Å²) in [5.41, 5.74) is 2.23. The van der Waals surface area contributed by atoms with Crippen LogP contribution in [0.3, 0.4) is 0 Å². The maximum Gasteiger partial charge on any atom is 0.119 e. The largest absolute Gasteiger partial charge is 0.508 e. The van der Waals surface area contributed by atoms with Crippen LogP contribution in [-0.2, 0) is 5.41 Å². The van der Waals surface area contributed by atoms with Crippen LogP contribution in [0.2, 0.25) is 0 Å². The molecule has 0 aliphatic heterocycles. The minimum absolute atomic E-state index is 0.159. The third kappa shape index (κ3) is 4.90. The monoisotopic (exact) mass is 352 g/mol. The number of benzene rings is 2. The highest BCUT2D eigenvalue weighted by molar-refractivity contribution is 5.46. The van der Waals surface area contributed by atoms with Crippen molar-refractivity contribution in [2.24, 2.45) is 5.92 Å². The number of phenols is 1. The van der Waals surface area contributed by atoms with Gasteiger partial charge < -0.3 is 5.11 Å². The SMILES string of the molecule is CCCCCC(CCCCC)C(C)(c1ccccc1)c1ccccc1O. The Hall–Kier alpha value is -1.76. The Morgan fingerprint density at radius 1 is 0.769 bits per heavy atom. The molecule has 0 spiro atoms. The van der Waals surface area contributed by atoms with Gasteiger partial charge in [-0.3, -0.25) is 0 Å². The third-order valence-corrected chi connectivity index (χ3v) is 5.97. The zero-order valence-corrected chi connectivity index (χ0v) is 16.9. The van der Waals surface area contributed by atoms with E-state index in [1.807, 2.05) is 12.1 Å². The molecule has 1 atom stereocenters. The van der Waals surface area contributed by atoms with E-state index in [1.165, 1.54) is 56.9 Å². The molecule has 0 aromatic heterocycles. The third-order valence-electron chi connectivity index (χ3n) is 5.97. The molecule has 2 rings (SSSR count). The zero-order valence-electron chi connectivity index (χ0n) is 16.9. The van der Waals surface area contributed by atoms with E-state index in [1.54, 1.807) is 0 Å². The first-order valence-electron chi connectivity index (χ1n) is 10.5. The number of rotatable bonds is 11. The fourth-order valence-electron chi connectivity index (χ4n) is 4.31. The van der Waals surface area contributed by atoms with Gasteiger partial charge in [-0.05, 0) is 30.4 Å². The number of para-hydroxylation sites is 1. The molecule has 1 unspecified atom stereocenters. The second kappa shape index (κ2) is 10.4. The van der Waals surface area contributed by atoms with Crippen LogP contribution in [0.1, 0.15) is 83.3 Å². The lowest BCUT2D eigenvalue weighted by Crippen LogP contribution is -2.34. The quantitative estimate of drug-likeness (QED) is 0.416. The van der Waals surface area contributed by atoms with Gasteiger partial charge in [-0.1, -0.05) is 108 Å². The van der Waals surface area contributed by atoms with E-state index in [9.17, 15) is 5.11 Å². The predicted octanol–water partition coefficient (Wildman–Crippen LogP) is 7.48. The van der Waals surface area contributed by atoms with Gasteiger partial charge in [0, 0.05) is 11.0 Å². The molecule has 1 N–H and O–H groups in total. The molecule has 0 fully saturated rings. The van der Waals surface area contributed by atoms with Crippen LogP contribution < -0.4 is 0 Å². The molecule has 0 saturated carbocycles. The Morgan fingerprint density at radius 3 is 1.85 bits per heavy atom. The van der Waals surface area contributed by atoms with E-state index in [-0.39, 0.29) is 5.41 Å². The van der Waals surface area contributed by atoms with Crippen molar-refractivity contribution in [1.82, 2.24) is 0 Å². The molecule has 26 heavy (non-hydrogen) atoms. The molecular formula is C25H36O. The van der Waals surface area contributed by atoms with Crippen molar-refractivity contribution in [1.29, 1.82) is 0 Å². The van der Waals surface area contributed by atoms with Crippen molar-refractivity contribution in [3.63, 3.8) is 0 Å². The van der Waals surface area contributed by atoms with Crippen LogP contribution in [0.5, 0.6) is 5.75 Å². The Labute approximate surface area is 160 Å². The molecule has 1 nitrogen and oxygen atoms in total. The highest BCUT2D eigenvalue weighted by atomic mass is 16.3. The lowest BCUT2D eigenvalue weighted by atomic mass is 9.64. The second-order valence-electron chi connectivity index (χ2n) is 7.77. The summed E-state index contributed by atoms with van der Waals surface area (Å²) in [6, 6.07) is 18.8. The average molecular weight is 353 g/mol. The lowest BCUT2D eigenvalue weighted by Gasteiger charge is -2.40. The van der Waals surface area contributed by atoms with Crippen molar-refractivity contribution >= 4 is 0 Å². The first-order valence-corrected chi connectivity index (χ1v) is 10.5. The lowest BCUT2D eigenvalue weighted by molar-refractivity contribution is 0.279. The van der Waals surface area contributed by atoms with Gasteiger partial charge in [-0.2, -0.15) is 0 Å². The Morgan fingerprint density at radius 2 is 1.31 bits per heavy atom. The highest BCUT2D eigenvalue weighted by Gasteiger charge is 2.38. The molecular weight excluding hydrogens is 316 g/mol. The van der Waals surface area contributed by atoms with Gasteiger partial charge in [-0.25, -0.2) is 0 Å². The summed E-state index contributed by atoms with van der Waals surface area (Å²) in [6.07, 6.45) is 10.0. The summed E-state index contributed by atoms with van der Waals surface area (Å²) in [7, 11) is 0. The van der Waals surface area contributed by atoms with Crippen molar-refractivity contribution in [3.05, 3.63) is 65.7 Å². The van der Waals surface area contributed by atoms with E-state index in [4.69, 9.17) is 0 Å². The average Bonchev–Trinajstić information content (AvgIpc) is 2.67. The van der Waals surface area contributed by atoms with Crippen LogP contribution in [0.25, 0.3) is 0 Å². The second-order valence-corrected chi connectivity index (χ2v) is 7.77. The molecule has 0 aliphatic carbocycles. The summed E-state index contributed by atoms with van der Waals surface area (Å²) < 4.78 is 0. The van der Waals surface area contributed by atoms with Crippen LogP contribution in [0.15, 0.2) is 54.6 Å². The number of phenolic OH excluding ortho intramolecular Hbond substituents is 1. The van der Waals surface area contributed by atoms with Gasteiger partial charge in [0.2, 0.25) is 0 Å². The van der Waals surface area contributed by atoms with Crippen LogP contribution >= 0.6 is 0 Å². The van der Waals surface area contributed by atoms with Gasteiger partial charge in [0.05, 0.1) is 0 Å². The molecule has 1 heteroatoms. The van der Waals surface area contributed by atoms with Crippen molar-refractivity contribution in [2.45, 2.75) is 77.6 Å². The molecule has 0 amide bonds. The van der Waals surface area contributed by atoms with Crippen LogP contribution in [0, 0.1) is 5.92 Å². The minimum atomic E-state index is -0.159. The van der Waals surface area contributed by atoms with Gasteiger partial charge in [0.25, 0.3) is 0 Å². The number of hydrogen-bond acceptors (Lipinski definition) is 1. The van der Waals surface area contributed by atoms with Crippen LogP contribution in [0.4, 0.5) is 0 Å². The van der Waals surface area contributed by atoms with Crippen LogP contribution in [-0.4, -0.2) is 5.11 Å². The van der Waals surface area contributed by atoms with Crippen molar-refractivity contribution in [3.8, 4) is 5.75 Å². The molecule has 0 radical (unpaired) electrons. The van der Waals surface area contributed by atoms with Gasteiger partial charge in [0.15, 0.2) is 0 Å². The van der Waals surface area contributed by atoms with Gasteiger partial charge in [0.1, 0.15) is 5.75 Å². The molecule has 0 aliphatic rings. The first-order chi connectivity index (χ1) is 12.6. The predicted molar refractivity (Wildman–Crippen MR) is 113 cm³/mol. The summed E-state index contributed by atoms with van der Waals surface area (Å²) >= 11 is 0. The summed E-state index contributed by atoms with van der Waals surface area (Å²) in [6.45, 7) is 6.89. The summed E-state index contributed by atoms with van der Waals surface area (Å²) in [5.74, 6) is 0.964. The smallest absolute Gasteiger partial charge is 0.119 e. The van der Waals surface area contributed by atoms with Gasteiger partial charge >= 0.3 is 0 Å². The minimum Gasteiger partial charge on any atom is -0.508 e. The Balaban J connectivity index is 2.46. The van der Waals surface area contributed by atoms with E-state index in [2.05, 4.69) is 63.2 Å². The molecule has 0 saturated heterocycles. The van der Waals surface area contributed by atoms with E-state index in [0.717, 1.165) is 5.56 Å². The topological polar surface area (TPSA) is 20.2 Å². The standard InChI is InChI=1S/C25H36O/c1-4-6-9-15-21(16-10-7-5-2)25(3,22-17-11-8-12-18-22)23-19-13-14-20-24(23)26/h8,11-14,17-21,26H,4-7,9-10,15-16H2,1-3H3. The van der Waals surface area contributed by atoms with Crippen molar-refractivity contribution in [2.75, 3.05) is 0 Å². The van der Waals surface area contributed by atoms with E-state index < -0.39 is 0 Å². The Kier molecular flexibility index (Phi) is 8.22. The summed E-state index contributed by atoms with van der Waals surface area (Å²) in [4.78, 5) is 0. The maximum atomic E-state index is 10.7. The van der Waals surface area contributed by atoms with Gasteiger partial charge in [-0.15, -0.1) is 0 Å². The fraction of sp³-hybridized carbons (Fsp3) is 0.520. The Bertz CT molecular complexity index is 624. The molecule has 0 heterocycles. The highest BCUT2D eigenvalue weighted by Crippen LogP contribution is 2.46. The number of hydrogen-bond donors (Lipinski definition) is 1. The number of unbranched alkanes of at least 4 members (excludes halogenated alkanes) is 4. The first kappa shape index (κ1) is 20.6. The van der Waals surface area contributed by atoms with Crippen molar-refractivity contribution < 1.29 is 5.11 Å². The fourth-order valence-corrected chi connectivity index (χ4v) is 4.31. The molecule has 2 aromatic carbocycles. The summed E-state index contributed by atoms with van der Waals surface area (Å²) in [5, 5.41) is 10.7. The molecule has 142 valence electrons. The normalized spacial score (nSPS) is 13.7. The zero-order chi connectivity index (χ0) is 18.8. The van der Waals surface area contributed by atoms with E-state index in [0.29, 0.717) is 11.7 Å². The van der Waals surface area contributed by atoms with E-state index >= 15 is 0 Å². The number of aromatic hydroxyl groups is 1. The maximum absolute atomic E-state index is 10.7. The molecule has 0 bridgehead atoms. The molecule has 2 aromatic rings.